The molecule has 0 aliphatic heterocycles. The van der Waals surface area contributed by atoms with Crippen LogP contribution in [0.5, 0.6) is 0 Å². The summed E-state index contributed by atoms with van der Waals surface area (Å²) < 4.78 is 4.84. The Hall–Kier alpha value is -1.48. The van der Waals surface area contributed by atoms with E-state index in [1.165, 1.54) is 0 Å². The van der Waals surface area contributed by atoms with Gasteiger partial charge in [0.25, 0.3) is 0 Å². The fourth-order valence-corrected chi connectivity index (χ4v) is 2.10. The highest BCUT2D eigenvalue weighted by atomic mass is 35.5. The second kappa shape index (κ2) is 4.80. The number of hydrogen-bond acceptors (Lipinski definition) is 3. The molecule has 0 saturated carbocycles. The third kappa shape index (κ3) is 2.44. The third-order valence-corrected chi connectivity index (χ3v) is 3.30. The summed E-state index contributed by atoms with van der Waals surface area (Å²) in [6.45, 7) is 4.31. The summed E-state index contributed by atoms with van der Waals surface area (Å²) in [5.74, 6) is 0.765. The van der Waals surface area contributed by atoms with E-state index in [9.17, 15) is 0 Å². The topological polar surface area (TPSA) is 52.0 Å². The van der Waals surface area contributed by atoms with Gasteiger partial charge >= 0.3 is 0 Å². The molecule has 2 aromatic rings. The average molecular weight is 251 g/mol. The summed E-state index contributed by atoms with van der Waals surface area (Å²) in [7, 11) is 0. The maximum absolute atomic E-state index is 6.27. The largest absolute Gasteiger partial charge is 0.368 e. The Morgan fingerprint density at radius 2 is 2.18 bits per heavy atom. The molecular formula is C13H15ClN2O. The maximum Gasteiger partial charge on any atom is 0.222 e. The summed E-state index contributed by atoms with van der Waals surface area (Å²) >= 11 is 6.27. The van der Waals surface area contributed by atoms with Crippen molar-refractivity contribution in [1.29, 1.82) is 0 Å². The number of halogens is 1. The molecule has 0 aliphatic carbocycles. The molecule has 2 N–H and O–H groups in total. The molecule has 3 nitrogen and oxygen atoms in total. The molecule has 1 aromatic heterocycles. The van der Waals surface area contributed by atoms with Crippen LogP contribution >= 0.6 is 11.6 Å². The molecule has 1 heterocycles. The zero-order valence-electron chi connectivity index (χ0n) is 9.90. The second-order valence-corrected chi connectivity index (χ2v) is 4.57. The predicted octanol–water partition coefficient (Wildman–Crippen LogP) is 4.09. The number of aromatic nitrogens is 1. The van der Waals surface area contributed by atoms with Crippen molar-refractivity contribution in [2.24, 2.45) is 0 Å². The lowest BCUT2D eigenvalue weighted by Gasteiger charge is -2.11. The third-order valence-electron chi connectivity index (χ3n) is 2.97. The Morgan fingerprint density at radius 1 is 1.41 bits per heavy atom. The van der Waals surface area contributed by atoms with Crippen LogP contribution < -0.4 is 5.73 Å². The molecule has 2 rings (SSSR count). The molecule has 0 saturated heterocycles. The Bertz CT molecular complexity index is 522. The van der Waals surface area contributed by atoms with E-state index in [0.717, 1.165) is 22.6 Å². The van der Waals surface area contributed by atoms with E-state index >= 15 is 0 Å². The van der Waals surface area contributed by atoms with Gasteiger partial charge in [0.1, 0.15) is 5.69 Å². The van der Waals surface area contributed by atoms with Crippen molar-refractivity contribution in [3.8, 4) is 11.3 Å². The van der Waals surface area contributed by atoms with Gasteiger partial charge < -0.3 is 10.3 Å². The summed E-state index contributed by atoms with van der Waals surface area (Å²) in [6, 6.07) is 7.62. The minimum absolute atomic E-state index is 0.308. The molecule has 0 fully saturated rings. The normalized spacial score (nSPS) is 12.6. The van der Waals surface area contributed by atoms with Gasteiger partial charge in [0, 0.05) is 16.7 Å². The van der Waals surface area contributed by atoms with Crippen LogP contribution in [0, 0.1) is 0 Å². The van der Waals surface area contributed by atoms with Crippen LogP contribution in [-0.2, 0) is 0 Å². The van der Waals surface area contributed by atoms with Gasteiger partial charge in [0.05, 0.1) is 0 Å². The summed E-state index contributed by atoms with van der Waals surface area (Å²) in [5.41, 5.74) is 8.28. The first-order valence-electron chi connectivity index (χ1n) is 5.63. The highest BCUT2D eigenvalue weighted by Gasteiger charge is 2.11. The molecule has 17 heavy (non-hydrogen) atoms. The van der Waals surface area contributed by atoms with E-state index in [-0.39, 0.29) is 0 Å². The molecule has 1 aromatic carbocycles. The minimum Gasteiger partial charge on any atom is -0.368 e. The Kier molecular flexibility index (Phi) is 3.38. The van der Waals surface area contributed by atoms with Gasteiger partial charge in [-0.2, -0.15) is 0 Å². The second-order valence-electron chi connectivity index (χ2n) is 4.16. The van der Waals surface area contributed by atoms with Crippen LogP contribution in [0.2, 0.25) is 5.02 Å². The maximum atomic E-state index is 6.27. The van der Waals surface area contributed by atoms with Gasteiger partial charge in [0.2, 0.25) is 5.88 Å². The minimum atomic E-state index is 0.308. The number of benzene rings is 1. The number of hydrogen-bond donors (Lipinski definition) is 1. The fraction of sp³-hybridized carbons (Fsp3) is 0.308. The standard InChI is InChI=1S/C13H15ClN2O/c1-3-8(2)10-5-4-9(6-11(10)14)12-7-13(15)17-16-12/h4-8H,3,15H2,1-2H3. The van der Waals surface area contributed by atoms with Gasteiger partial charge in [-0.25, -0.2) is 0 Å². The lowest BCUT2D eigenvalue weighted by Crippen LogP contribution is -1.92. The van der Waals surface area contributed by atoms with E-state index < -0.39 is 0 Å². The molecule has 1 unspecified atom stereocenters. The van der Waals surface area contributed by atoms with Gasteiger partial charge in [0.15, 0.2) is 0 Å². The monoisotopic (exact) mass is 250 g/mol. The van der Waals surface area contributed by atoms with Gasteiger partial charge in [-0.15, -0.1) is 0 Å². The number of rotatable bonds is 3. The number of anilines is 1. The van der Waals surface area contributed by atoms with Crippen LogP contribution in [0.15, 0.2) is 28.8 Å². The quantitative estimate of drug-likeness (QED) is 0.893. The van der Waals surface area contributed by atoms with Crippen molar-refractivity contribution in [1.82, 2.24) is 5.16 Å². The number of nitrogens with zero attached hydrogens (tertiary/aromatic N) is 1. The molecule has 90 valence electrons. The zero-order chi connectivity index (χ0) is 12.4. The van der Waals surface area contributed by atoms with Crippen molar-refractivity contribution in [3.05, 3.63) is 34.9 Å². The van der Waals surface area contributed by atoms with Gasteiger partial charge in [-0.3, -0.25) is 0 Å². The van der Waals surface area contributed by atoms with Crippen LogP contribution in [-0.4, -0.2) is 5.16 Å². The summed E-state index contributed by atoms with van der Waals surface area (Å²) in [4.78, 5) is 0. The van der Waals surface area contributed by atoms with E-state index in [1.807, 2.05) is 18.2 Å². The van der Waals surface area contributed by atoms with Gasteiger partial charge in [-0.05, 0) is 24.0 Å². The van der Waals surface area contributed by atoms with Crippen LogP contribution in [0.25, 0.3) is 11.3 Å². The van der Waals surface area contributed by atoms with Crippen LogP contribution in [0.3, 0.4) is 0 Å². The van der Waals surface area contributed by atoms with E-state index in [4.69, 9.17) is 21.9 Å². The lowest BCUT2D eigenvalue weighted by atomic mass is 9.97. The predicted molar refractivity (Wildman–Crippen MR) is 70.1 cm³/mol. The first-order valence-corrected chi connectivity index (χ1v) is 6.01. The SMILES string of the molecule is CCC(C)c1ccc(-c2cc(N)on2)cc1Cl. The fourth-order valence-electron chi connectivity index (χ4n) is 1.73. The lowest BCUT2D eigenvalue weighted by molar-refractivity contribution is 0.439. The Balaban J connectivity index is 2.37. The molecule has 4 heteroatoms. The Labute approximate surface area is 106 Å². The summed E-state index contributed by atoms with van der Waals surface area (Å²) in [6.07, 6.45) is 1.07. The highest BCUT2D eigenvalue weighted by molar-refractivity contribution is 6.31. The average Bonchev–Trinajstić information content (AvgIpc) is 2.75. The van der Waals surface area contributed by atoms with E-state index in [2.05, 4.69) is 19.0 Å². The number of nitrogen functional groups attached to an aromatic ring is 1. The van der Waals surface area contributed by atoms with Crippen molar-refractivity contribution in [2.45, 2.75) is 26.2 Å². The Morgan fingerprint density at radius 3 is 2.71 bits per heavy atom. The first-order chi connectivity index (χ1) is 8.11. The van der Waals surface area contributed by atoms with Crippen LogP contribution in [0.1, 0.15) is 31.7 Å². The molecule has 0 radical (unpaired) electrons. The molecule has 0 spiro atoms. The van der Waals surface area contributed by atoms with Crippen molar-refractivity contribution < 1.29 is 4.52 Å². The van der Waals surface area contributed by atoms with E-state index in [1.54, 1.807) is 6.07 Å². The smallest absolute Gasteiger partial charge is 0.222 e. The molecular weight excluding hydrogens is 236 g/mol. The van der Waals surface area contributed by atoms with Crippen molar-refractivity contribution in [2.75, 3.05) is 5.73 Å². The molecule has 0 aliphatic rings. The van der Waals surface area contributed by atoms with E-state index in [0.29, 0.717) is 17.5 Å². The molecule has 0 amide bonds. The molecule has 1 atom stereocenters. The van der Waals surface area contributed by atoms with Crippen LogP contribution in [0.4, 0.5) is 5.88 Å². The number of nitrogens with two attached hydrogens (primary N) is 1. The highest BCUT2D eigenvalue weighted by Crippen LogP contribution is 2.31. The van der Waals surface area contributed by atoms with Crippen molar-refractivity contribution >= 4 is 17.5 Å². The van der Waals surface area contributed by atoms with Crippen molar-refractivity contribution in [3.63, 3.8) is 0 Å². The van der Waals surface area contributed by atoms with Gasteiger partial charge in [-0.1, -0.05) is 42.7 Å². The first kappa shape index (κ1) is 12.0. The summed E-state index contributed by atoms with van der Waals surface area (Å²) in [5, 5.41) is 4.63. The zero-order valence-corrected chi connectivity index (χ0v) is 10.7. The molecule has 0 bridgehead atoms.